The smallest absolute Gasteiger partial charge is 0.270 e. The summed E-state index contributed by atoms with van der Waals surface area (Å²) in [6.07, 6.45) is 3.29. The van der Waals surface area contributed by atoms with Crippen molar-refractivity contribution in [3.05, 3.63) is 70.2 Å². The standard InChI is InChI=1S/C21H19N3O3S2/c25-21(24-10-1-2-11-24)20-14-19(15-22-20)29(26,27)23-17-6-3-5-16(13-17)8-9-18-7-4-12-28-18/h3-7,12-15,22-23H,1-2,10-11H2. The summed E-state index contributed by atoms with van der Waals surface area (Å²) in [4.78, 5) is 17.9. The van der Waals surface area contributed by atoms with E-state index in [1.54, 1.807) is 34.4 Å². The summed E-state index contributed by atoms with van der Waals surface area (Å²) in [6, 6.07) is 12.1. The van der Waals surface area contributed by atoms with Crippen LogP contribution < -0.4 is 4.72 Å². The summed E-state index contributed by atoms with van der Waals surface area (Å²) in [7, 11) is -3.82. The molecule has 0 bridgehead atoms. The van der Waals surface area contributed by atoms with E-state index in [1.165, 1.54) is 12.3 Å². The molecule has 0 saturated carbocycles. The van der Waals surface area contributed by atoms with Crippen molar-refractivity contribution in [3.63, 3.8) is 0 Å². The number of aromatic amines is 1. The third-order valence-corrected chi connectivity index (χ3v) is 6.70. The molecular weight excluding hydrogens is 406 g/mol. The van der Waals surface area contributed by atoms with Crippen LogP contribution in [0.2, 0.25) is 0 Å². The first-order chi connectivity index (χ1) is 14.0. The van der Waals surface area contributed by atoms with Crippen molar-refractivity contribution in [2.75, 3.05) is 17.8 Å². The summed E-state index contributed by atoms with van der Waals surface area (Å²) in [5.41, 5.74) is 1.40. The number of amides is 1. The zero-order valence-electron chi connectivity index (χ0n) is 15.5. The van der Waals surface area contributed by atoms with Gasteiger partial charge in [0.2, 0.25) is 0 Å². The van der Waals surface area contributed by atoms with Gasteiger partial charge in [-0.1, -0.05) is 24.0 Å². The fourth-order valence-corrected chi connectivity index (χ4v) is 4.71. The Kier molecular flexibility index (Phi) is 5.43. The number of thiophene rings is 1. The first-order valence-corrected chi connectivity index (χ1v) is 11.5. The fourth-order valence-electron chi connectivity index (χ4n) is 3.10. The van der Waals surface area contributed by atoms with Crippen LogP contribution in [0.3, 0.4) is 0 Å². The van der Waals surface area contributed by atoms with E-state index in [1.807, 2.05) is 23.6 Å². The SMILES string of the molecule is O=C(c1cc(S(=O)(=O)Nc2cccc(C#Cc3cccs3)c2)c[nH]1)N1CCCC1. The molecule has 2 N–H and O–H groups in total. The van der Waals surface area contributed by atoms with Gasteiger partial charge in [-0.25, -0.2) is 8.42 Å². The molecule has 3 aromatic rings. The minimum atomic E-state index is -3.82. The van der Waals surface area contributed by atoms with Crippen LogP contribution in [0.25, 0.3) is 0 Å². The summed E-state index contributed by atoms with van der Waals surface area (Å²) in [6.45, 7) is 1.41. The second kappa shape index (κ2) is 8.15. The van der Waals surface area contributed by atoms with Gasteiger partial charge in [0.25, 0.3) is 15.9 Å². The Morgan fingerprint density at radius 2 is 1.93 bits per heavy atom. The number of nitrogens with zero attached hydrogens (tertiary/aromatic N) is 1. The maximum absolute atomic E-state index is 12.7. The molecule has 148 valence electrons. The Morgan fingerprint density at radius 3 is 2.69 bits per heavy atom. The van der Waals surface area contributed by atoms with Gasteiger partial charge in [-0.3, -0.25) is 9.52 Å². The van der Waals surface area contributed by atoms with Crippen LogP contribution in [0.15, 0.2) is 58.9 Å². The molecule has 1 fully saturated rings. The van der Waals surface area contributed by atoms with Crippen molar-refractivity contribution < 1.29 is 13.2 Å². The number of carbonyl (C=O) groups excluding carboxylic acids is 1. The molecule has 0 unspecified atom stereocenters. The highest BCUT2D eigenvalue weighted by Gasteiger charge is 2.23. The molecule has 0 spiro atoms. The summed E-state index contributed by atoms with van der Waals surface area (Å²) in [5, 5.41) is 1.95. The Morgan fingerprint density at radius 1 is 1.10 bits per heavy atom. The molecule has 6 nitrogen and oxygen atoms in total. The van der Waals surface area contributed by atoms with Crippen molar-refractivity contribution in [2.45, 2.75) is 17.7 Å². The van der Waals surface area contributed by atoms with E-state index in [4.69, 9.17) is 0 Å². The number of benzene rings is 1. The Labute approximate surface area is 173 Å². The topological polar surface area (TPSA) is 82.3 Å². The third kappa shape index (κ3) is 4.53. The summed E-state index contributed by atoms with van der Waals surface area (Å²) in [5.74, 6) is 5.91. The Balaban J connectivity index is 1.50. The first-order valence-electron chi connectivity index (χ1n) is 9.17. The van der Waals surface area contributed by atoms with Gasteiger partial charge in [0, 0.05) is 24.8 Å². The van der Waals surface area contributed by atoms with Crippen molar-refractivity contribution in [1.82, 2.24) is 9.88 Å². The van der Waals surface area contributed by atoms with E-state index in [2.05, 4.69) is 21.5 Å². The minimum absolute atomic E-state index is 0.0233. The second-order valence-corrected chi connectivity index (χ2v) is 9.29. The number of nitrogens with one attached hydrogen (secondary N) is 2. The van der Waals surface area contributed by atoms with Crippen LogP contribution >= 0.6 is 11.3 Å². The van der Waals surface area contributed by atoms with Gasteiger partial charge >= 0.3 is 0 Å². The number of hydrogen-bond acceptors (Lipinski definition) is 4. The molecule has 1 aromatic carbocycles. The number of anilines is 1. The van der Waals surface area contributed by atoms with E-state index in [0.717, 1.165) is 17.7 Å². The van der Waals surface area contributed by atoms with Crippen molar-refractivity contribution in [2.24, 2.45) is 0 Å². The maximum Gasteiger partial charge on any atom is 0.270 e. The number of aromatic nitrogens is 1. The van der Waals surface area contributed by atoms with Gasteiger partial charge < -0.3 is 9.88 Å². The van der Waals surface area contributed by atoms with Gasteiger partial charge in [-0.05, 0) is 48.6 Å². The predicted octanol–water partition coefficient (Wildman–Crippen LogP) is 3.51. The third-order valence-electron chi connectivity index (χ3n) is 4.56. The quantitative estimate of drug-likeness (QED) is 0.628. The molecular formula is C21H19N3O3S2. The van der Waals surface area contributed by atoms with E-state index < -0.39 is 10.0 Å². The molecule has 0 radical (unpaired) electrons. The molecule has 1 saturated heterocycles. The maximum atomic E-state index is 12.7. The van der Waals surface area contributed by atoms with Gasteiger partial charge in [-0.15, -0.1) is 11.3 Å². The average molecular weight is 426 g/mol. The number of carbonyl (C=O) groups is 1. The van der Waals surface area contributed by atoms with Gasteiger partial charge in [0.05, 0.1) is 10.6 Å². The first kappa shape index (κ1) is 19.3. The summed E-state index contributed by atoms with van der Waals surface area (Å²) < 4.78 is 28.0. The molecule has 3 heterocycles. The van der Waals surface area contributed by atoms with Crippen LogP contribution in [0.4, 0.5) is 5.69 Å². The molecule has 8 heteroatoms. The number of likely N-dealkylation sites (tertiary alicyclic amines) is 1. The molecule has 1 amide bonds. The van der Waals surface area contributed by atoms with Crippen molar-refractivity contribution >= 4 is 33.0 Å². The molecule has 1 aliphatic heterocycles. The number of H-pyrrole nitrogens is 1. The Bertz CT molecular complexity index is 1180. The van der Waals surface area contributed by atoms with E-state index in [9.17, 15) is 13.2 Å². The highest BCUT2D eigenvalue weighted by Crippen LogP contribution is 2.20. The van der Waals surface area contributed by atoms with Crippen molar-refractivity contribution in [3.8, 4) is 11.8 Å². The Hall–Kier alpha value is -3.02. The molecule has 0 aliphatic carbocycles. The lowest BCUT2D eigenvalue weighted by Crippen LogP contribution is -2.27. The highest BCUT2D eigenvalue weighted by molar-refractivity contribution is 7.92. The zero-order valence-corrected chi connectivity index (χ0v) is 17.1. The lowest BCUT2D eigenvalue weighted by Gasteiger charge is -2.13. The number of rotatable bonds is 4. The van der Waals surface area contributed by atoms with Crippen LogP contribution in [-0.4, -0.2) is 37.3 Å². The average Bonchev–Trinajstić information content (AvgIpc) is 3.49. The molecule has 0 atom stereocenters. The lowest BCUT2D eigenvalue weighted by atomic mass is 10.2. The highest BCUT2D eigenvalue weighted by atomic mass is 32.2. The van der Waals surface area contributed by atoms with Crippen LogP contribution in [-0.2, 0) is 10.0 Å². The van der Waals surface area contributed by atoms with Gasteiger partial charge in [0.15, 0.2) is 0 Å². The lowest BCUT2D eigenvalue weighted by molar-refractivity contribution is 0.0787. The van der Waals surface area contributed by atoms with Gasteiger partial charge in [-0.2, -0.15) is 0 Å². The molecule has 29 heavy (non-hydrogen) atoms. The van der Waals surface area contributed by atoms with Crippen molar-refractivity contribution in [1.29, 1.82) is 0 Å². The fraction of sp³-hybridized carbons (Fsp3) is 0.190. The van der Waals surface area contributed by atoms with E-state index in [0.29, 0.717) is 24.3 Å². The second-order valence-electron chi connectivity index (χ2n) is 6.66. The molecule has 4 rings (SSSR count). The van der Waals surface area contributed by atoms with Gasteiger partial charge in [0.1, 0.15) is 10.6 Å². The number of hydrogen-bond donors (Lipinski definition) is 2. The summed E-state index contributed by atoms with van der Waals surface area (Å²) >= 11 is 1.55. The van der Waals surface area contributed by atoms with Crippen LogP contribution in [0.1, 0.15) is 33.8 Å². The van der Waals surface area contributed by atoms with Crippen LogP contribution in [0.5, 0.6) is 0 Å². The monoisotopic (exact) mass is 425 g/mol. The predicted molar refractivity (Wildman–Crippen MR) is 113 cm³/mol. The largest absolute Gasteiger partial charge is 0.356 e. The minimum Gasteiger partial charge on any atom is -0.356 e. The molecule has 2 aromatic heterocycles. The van der Waals surface area contributed by atoms with E-state index in [-0.39, 0.29) is 16.5 Å². The van der Waals surface area contributed by atoms with E-state index >= 15 is 0 Å². The van der Waals surface area contributed by atoms with Crippen LogP contribution in [0, 0.1) is 11.8 Å². The number of sulfonamides is 1. The molecule has 1 aliphatic rings. The normalized spacial score (nSPS) is 13.7. The zero-order chi connectivity index (χ0) is 20.3.